The molecule has 1 aromatic heterocycles. The SMILES string of the molecule is CC(C)(O)c1ccccc1CCC(O)c1cccc(/C=C/c2ccc3ccc(Cl)cc3n2)c1.CS(=O)(=O)O. The van der Waals surface area contributed by atoms with E-state index < -0.39 is 21.8 Å². The van der Waals surface area contributed by atoms with Crippen LogP contribution in [0.1, 0.15) is 54.3 Å². The lowest BCUT2D eigenvalue weighted by atomic mass is 9.90. The van der Waals surface area contributed by atoms with Crippen LogP contribution in [-0.4, -0.2) is 34.4 Å². The van der Waals surface area contributed by atoms with Gasteiger partial charge in [-0.25, -0.2) is 4.98 Å². The normalized spacial score (nSPS) is 12.8. The predicted molar refractivity (Wildman–Crippen MR) is 155 cm³/mol. The second kappa shape index (κ2) is 12.7. The third kappa shape index (κ3) is 9.35. The molecule has 38 heavy (non-hydrogen) atoms. The molecule has 4 aromatic rings. The summed E-state index contributed by atoms with van der Waals surface area (Å²) >= 11 is 6.09. The number of benzene rings is 3. The van der Waals surface area contributed by atoms with Gasteiger partial charge in [-0.2, -0.15) is 8.42 Å². The maximum atomic E-state index is 10.8. The first-order chi connectivity index (χ1) is 17.8. The van der Waals surface area contributed by atoms with Crippen LogP contribution in [0.5, 0.6) is 0 Å². The zero-order chi connectivity index (χ0) is 27.9. The van der Waals surface area contributed by atoms with E-state index in [-0.39, 0.29) is 0 Å². The highest BCUT2D eigenvalue weighted by molar-refractivity contribution is 7.85. The van der Waals surface area contributed by atoms with E-state index in [2.05, 4.69) is 4.98 Å². The quantitative estimate of drug-likeness (QED) is 0.227. The van der Waals surface area contributed by atoms with Crippen molar-refractivity contribution in [3.8, 4) is 0 Å². The number of hydrogen-bond donors (Lipinski definition) is 3. The number of halogens is 1. The first-order valence-electron chi connectivity index (χ1n) is 12.1. The van der Waals surface area contributed by atoms with E-state index in [9.17, 15) is 18.6 Å². The molecule has 1 atom stereocenters. The zero-order valence-corrected chi connectivity index (χ0v) is 23.1. The minimum Gasteiger partial charge on any atom is -0.388 e. The zero-order valence-electron chi connectivity index (χ0n) is 21.5. The summed E-state index contributed by atoms with van der Waals surface area (Å²) in [5.41, 5.74) is 4.63. The number of rotatable bonds is 7. The fourth-order valence-electron chi connectivity index (χ4n) is 4.04. The van der Waals surface area contributed by atoms with Gasteiger partial charge in [0, 0.05) is 10.4 Å². The Hall–Kier alpha value is -3.07. The third-order valence-electron chi connectivity index (χ3n) is 5.78. The minimum absolute atomic E-state index is 0.577. The Kier molecular flexibility index (Phi) is 9.82. The van der Waals surface area contributed by atoms with Crippen LogP contribution in [0.3, 0.4) is 0 Å². The van der Waals surface area contributed by atoms with Crippen LogP contribution >= 0.6 is 11.6 Å². The molecule has 3 aromatic carbocycles. The van der Waals surface area contributed by atoms with Crippen molar-refractivity contribution in [3.63, 3.8) is 0 Å². The van der Waals surface area contributed by atoms with Crippen molar-refractivity contribution in [1.29, 1.82) is 0 Å². The van der Waals surface area contributed by atoms with E-state index in [1.807, 2.05) is 91.0 Å². The van der Waals surface area contributed by atoms with E-state index in [0.717, 1.165) is 38.9 Å². The molecule has 0 aliphatic rings. The highest BCUT2D eigenvalue weighted by Crippen LogP contribution is 2.27. The molecule has 0 saturated carbocycles. The molecule has 0 fully saturated rings. The topological polar surface area (TPSA) is 108 Å². The number of aliphatic hydroxyl groups is 2. The van der Waals surface area contributed by atoms with E-state index in [4.69, 9.17) is 16.2 Å². The van der Waals surface area contributed by atoms with Crippen LogP contribution in [0, 0.1) is 0 Å². The van der Waals surface area contributed by atoms with Gasteiger partial charge in [0.15, 0.2) is 0 Å². The van der Waals surface area contributed by atoms with Crippen molar-refractivity contribution in [1.82, 2.24) is 4.98 Å². The molecule has 200 valence electrons. The summed E-state index contributed by atoms with van der Waals surface area (Å²) in [6.45, 7) is 3.58. The molecule has 0 aliphatic carbocycles. The first kappa shape index (κ1) is 29.5. The Morgan fingerprint density at radius 1 is 0.974 bits per heavy atom. The standard InChI is InChI=1S/C29H28ClNO2.CH4O3S/c1-29(2,33)26-9-4-3-7-21(26)13-17-28(32)23-8-5-6-20(18-23)10-15-25-16-12-22-11-14-24(30)19-27(22)31-25;1-5(2,3)4/h3-12,14-16,18-19,28,32-33H,13,17H2,1-2H3;1H3,(H,2,3,4)/b15-10+;. The van der Waals surface area contributed by atoms with Gasteiger partial charge < -0.3 is 10.2 Å². The molecular formula is C30H32ClNO5S. The Balaban J connectivity index is 0.000000732. The summed E-state index contributed by atoms with van der Waals surface area (Å²) in [7, 11) is -3.67. The maximum Gasteiger partial charge on any atom is 0.261 e. The average molecular weight is 554 g/mol. The largest absolute Gasteiger partial charge is 0.388 e. The van der Waals surface area contributed by atoms with Gasteiger partial charge in [0.1, 0.15) is 0 Å². The number of nitrogens with zero attached hydrogens (tertiary/aromatic N) is 1. The van der Waals surface area contributed by atoms with Crippen molar-refractivity contribution < 1.29 is 23.2 Å². The van der Waals surface area contributed by atoms with Crippen LogP contribution in [0.2, 0.25) is 5.02 Å². The lowest BCUT2D eigenvalue weighted by Crippen LogP contribution is -2.18. The molecule has 0 spiro atoms. The Bertz CT molecular complexity index is 1520. The van der Waals surface area contributed by atoms with Gasteiger partial charge in [-0.3, -0.25) is 4.55 Å². The lowest BCUT2D eigenvalue weighted by Gasteiger charge is -2.22. The smallest absolute Gasteiger partial charge is 0.261 e. The Morgan fingerprint density at radius 2 is 1.66 bits per heavy atom. The summed E-state index contributed by atoms with van der Waals surface area (Å²) in [6, 6.07) is 25.5. The predicted octanol–water partition coefficient (Wildman–Crippen LogP) is 6.46. The maximum absolute atomic E-state index is 10.8. The fourth-order valence-corrected chi connectivity index (χ4v) is 4.21. The van der Waals surface area contributed by atoms with Crippen molar-refractivity contribution in [3.05, 3.63) is 112 Å². The van der Waals surface area contributed by atoms with Crippen molar-refractivity contribution in [2.75, 3.05) is 6.26 Å². The van der Waals surface area contributed by atoms with E-state index in [1.165, 1.54) is 0 Å². The van der Waals surface area contributed by atoms with E-state index >= 15 is 0 Å². The highest BCUT2D eigenvalue weighted by atomic mass is 35.5. The molecule has 0 aliphatic heterocycles. The molecule has 1 heterocycles. The number of pyridine rings is 1. The van der Waals surface area contributed by atoms with Crippen LogP contribution in [0.25, 0.3) is 23.1 Å². The van der Waals surface area contributed by atoms with Gasteiger partial charge >= 0.3 is 0 Å². The molecule has 1 unspecified atom stereocenters. The number of aromatic nitrogens is 1. The van der Waals surface area contributed by atoms with Gasteiger partial charge in [-0.1, -0.05) is 72.3 Å². The summed E-state index contributed by atoms with van der Waals surface area (Å²) < 4.78 is 25.9. The molecule has 6 nitrogen and oxygen atoms in total. The molecular weight excluding hydrogens is 522 g/mol. The van der Waals surface area contributed by atoms with Crippen molar-refractivity contribution in [2.24, 2.45) is 0 Å². The molecule has 0 amide bonds. The summed E-state index contributed by atoms with van der Waals surface area (Å²) in [5, 5.41) is 23.0. The van der Waals surface area contributed by atoms with Gasteiger partial charge in [0.25, 0.3) is 10.1 Å². The lowest BCUT2D eigenvalue weighted by molar-refractivity contribution is 0.0772. The Labute approximate surface area is 229 Å². The third-order valence-corrected chi connectivity index (χ3v) is 6.02. The molecule has 4 rings (SSSR count). The second-order valence-electron chi connectivity index (χ2n) is 9.58. The number of hydrogen-bond acceptors (Lipinski definition) is 5. The first-order valence-corrected chi connectivity index (χ1v) is 14.3. The molecule has 0 radical (unpaired) electrons. The van der Waals surface area contributed by atoms with Gasteiger partial charge in [0.2, 0.25) is 0 Å². The van der Waals surface area contributed by atoms with Crippen LogP contribution in [-0.2, 0) is 22.1 Å². The van der Waals surface area contributed by atoms with E-state index in [1.54, 1.807) is 13.8 Å². The van der Waals surface area contributed by atoms with Crippen LogP contribution < -0.4 is 0 Å². The molecule has 0 bridgehead atoms. The molecule has 8 heteroatoms. The van der Waals surface area contributed by atoms with Crippen molar-refractivity contribution in [2.45, 2.75) is 38.4 Å². The van der Waals surface area contributed by atoms with Gasteiger partial charge in [-0.05, 0) is 79.3 Å². The second-order valence-corrected chi connectivity index (χ2v) is 11.5. The van der Waals surface area contributed by atoms with Gasteiger partial charge in [-0.15, -0.1) is 0 Å². The van der Waals surface area contributed by atoms with E-state index in [0.29, 0.717) is 24.1 Å². The van der Waals surface area contributed by atoms with Crippen molar-refractivity contribution >= 4 is 44.8 Å². The van der Waals surface area contributed by atoms with Crippen LogP contribution in [0.4, 0.5) is 0 Å². The summed E-state index contributed by atoms with van der Waals surface area (Å²) in [4.78, 5) is 4.66. The van der Waals surface area contributed by atoms with Gasteiger partial charge in [0.05, 0.1) is 29.2 Å². The Morgan fingerprint density at radius 3 is 2.37 bits per heavy atom. The molecule has 3 N–H and O–H groups in total. The number of aryl methyl sites for hydroxylation is 1. The van der Waals surface area contributed by atoms with Crippen LogP contribution in [0.15, 0.2) is 78.9 Å². The number of aliphatic hydroxyl groups excluding tert-OH is 1. The average Bonchev–Trinajstić information content (AvgIpc) is 2.84. The minimum atomic E-state index is -3.67. The number of fused-ring (bicyclic) bond motifs is 1. The fraction of sp³-hybridized carbons (Fsp3) is 0.233. The molecule has 0 saturated heterocycles. The monoisotopic (exact) mass is 553 g/mol. The summed E-state index contributed by atoms with van der Waals surface area (Å²) in [5.74, 6) is 0. The highest BCUT2D eigenvalue weighted by Gasteiger charge is 2.20. The summed E-state index contributed by atoms with van der Waals surface area (Å²) in [6.07, 6.45) is 5.35.